The maximum absolute atomic E-state index is 12.4. The summed E-state index contributed by atoms with van der Waals surface area (Å²) in [5, 5.41) is 11.2. The van der Waals surface area contributed by atoms with E-state index in [0.717, 1.165) is 40.6 Å². The quantitative estimate of drug-likeness (QED) is 0.584. The van der Waals surface area contributed by atoms with Crippen LogP contribution in [0.5, 0.6) is 0 Å². The summed E-state index contributed by atoms with van der Waals surface area (Å²) in [7, 11) is 3.78. The van der Waals surface area contributed by atoms with E-state index in [9.17, 15) is 9.90 Å². The molecule has 0 aliphatic heterocycles. The number of carboxylic acid groups (broad SMARTS) is 1. The van der Waals surface area contributed by atoms with Gasteiger partial charge in [-0.05, 0) is 58.9 Å². The van der Waals surface area contributed by atoms with Gasteiger partial charge >= 0.3 is 5.97 Å². The lowest BCUT2D eigenvalue weighted by molar-refractivity contribution is -0.160. The summed E-state index contributed by atoms with van der Waals surface area (Å²) in [5.74, 6) is -0.425. The molecular formula is C24H30N4O3S. The number of carbonyl (C=O) groups is 1. The van der Waals surface area contributed by atoms with Crippen LogP contribution in [0.1, 0.15) is 61.4 Å². The number of hydrogen-bond donors (Lipinski definition) is 1. The zero-order valence-corrected chi connectivity index (χ0v) is 20.3. The van der Waals surface area contributed by atoms with Crippen LogP contribution in [0, 0.1) is 6.92 Å². The van der Waals surface area contributed by atoms with Crippen LogP contribution in [-0.4, -0.2) is 45.7 Å². The first kappa shape index (κ1) is 22.6. The van der Waals surface area contributed by atoms with E-state index in [0.29, 0.717) is 17.2 Å². The minimum atomic E-state index is -1.14. The molecule has 4 rings (SSSR count). The largest absolute Gasteiger partial charge is 0.479 e. The van der Waals surface area contributed by atoms with Gasteiger partial charge in [-0.2, -0.15) is 0 Å². The molecule has 0 spiro atoms. The van der Waals surface area contributed by atoms with Gasteiger partial charge in [0, 0.05) is 59.1 Å². The third-order valence-electron chi connectivity index (χ3n) is 5.62. The summed E-state index contributed by atoms with van der Waals surface area (Å²) in [5.41, 5.74) is 3.54. The molecule has 170 valence electrons. The first-order chi connectivity index (χ1) is 15.1. The lowest BCUT2D eigenvalue weighted by Gasteiger charge is -2.28. The molecule has 0 radical (unpaired) electrons. The Balaban J connectivity index is 2.05. The fourth-order valence-electron chi connectivity index (χ4n) is 4.30. The van der Waals surface area contributed by atoms with Crippen molar-refractivity contribution < 1.29 is 14.6 Å². The van der Waals surface area contributed by atoms with Gasteiger partial charge in [-0.25, -0.2) is 19.7 Å². The number of aromatic nitrogens is 3. The molecule has 0 bridgehead atoms. The molecule has 7 nitrogen and oxygen atoms in total. The molecule has 0 amide bonds. The molecule has 1 atom stereocenters. The number of pyridine rings is 1. The molecule has 0 aromatic carbocycles. The fraction of sp³-hybridized carbons (Fsp3) is 0.500. The topological polar surface area (TPSA) is 88.4 Å². The second-order valence-corrected chi connectivity index (χ2v) is 10.6. The molecule has 0 fully saturated rings. The highest BCUT2D eigenvalue weighted by atomic mass is 32.1. The van der Waals surface area contributed by atoms with Crippen LogP contribution in [-0.2, 0) is 22.4 Å². The molecule has 32 heavy (non-hydrogen) atoms. The number of ether oxygens (including phenoxy) is 1. The smallest absolute Gasteiger partial charge is 0.337 e. The third-order valence-corrected chi connectivity index (χ3v) is 6.80. The van der Waals surface area contributed by atoms with Gasteiger partial charge in [0.05, 0.1) is 5.60 Å². The van der Waals surface area contributed by atoms with Crippen molar-refractivity contribution in [3.63, 3.8) is 0 Å². The molecule has 3 aromatic rings. The Bertz CT molecular complexity index is 1160. The Labute approximate surface area is 192 Å². The van der Waals surface area contributed by atoms with E-state index in [1.54, 1.807) is 23.7 Å². The van der Waals surface area contributed by atoms with Gasteiger partial charge < -0.3 is 14.7 Å². The minimum Gasteiger partial charge on any atom is -0.479 e. The number of fused-ring (bicyclic) bond motifs is 3. The van der Waals surface area contributed by atoms with Crippen molar-refractivity contribution >= 4 is 33.5 Å². The van der Waals surface area contributed by atoms with E-state index >= 15 is 0 Å². The van der Waals surface area contributed by atoms with Crippen molar-refractivity contribution in [3.8, 4) is 11.1 Å². The Morgan fingerprint density at radius 3 is 2.44 bits per heavy atom. The van der Waals surface area contributed by atoms with Crippen molar-refractivity contribution in [3.05, 3.63) is 34.1 Å². The molecule has 1 N–H and O–H groups in total. The molecule has 1 aliphatic carbocycles. The maximum Gasteiger partial charge on any atom is 0.337 e. The van der Waals surface area contributed by atoms with Gasteiger partial charge in [0.1, 0.15) is 4.83 Å². The standard InChI is InChI=1S/C24H30N4O3S/c1-13-17(20(22(29)30)31-24(2,3)4)18(14-11-25-23(26-12-14)28(5)6)19-15-9-7-8-10-16(15)32-21(19)27-13/h11-12,20H,7-10H2,1-6H3,(H,29,30)/t20-/m0/s1. The monoisotopic (exact) mass is 454 g/mol. The van der Waals surface area contributed by atoms with Crippen LogP contribution in [0.25, 0.3) is 21.3 Å². The molecule has 0 saturated heterocycles. The molecule has 0 unspecified atom stereocenters. The van der Waals surface area contributed by atoms with E-state index in [1.165, 1.54) is 16.9 Å². The molecule has 3 aromatic heterocycles. The van der Waals surface area contributed by atoms with E-state index in [2.05, 4.69) is 9.97 Å². The van der Waals surface area contributed by atoms with Crippen molar-refractivity contribution in [2.24, 2.45) is 0 Å². The van der Waals surface area contributed by atoms with E-state index < -0.39 is 17.7 Å². The Morgan fingerprint density at radius 2 is 1.84 bits per heavy atom. The predicted octanol–water partition coefficient (Wildman–Crippen LogP) is 4.95. The van der Waals surface area contributed by atoms with Gasteiger partial charge in [0.15, 0.2) is 6.10 Å². The SMILES string of the molecule is Cc1nc2sc3c(c2c(-c2cnc(N(C)C)nc2)c1[C@H](OC(C)(C)C)C(=O)O)CCCC3. The number of aryl methyl sites for hydroxylation is 3. The fourth-order valence-corrected chi connectivity index (χ4v) is 5.62. The second kappa shape index (κ2) is 8.41. The highest BCUT2D eigenvalue weighted by Gasteiger charge is 2.34. The summed E-state index contributed by atoms with van der Waals surface area (Å²) in [6.45, 7) is 7.47. The summed E-state index contributed by atoms with van der Waals surface area (Å²) in [6, 6.07) is 0. The maximum atomic E-state index is 12.4. The van der Waals surface area contributed by atoms with Gasteiger partial charge in [-0.3, -0.25) is 0 Å². The first-order valence-corrected chi connectivity index (χ1v) is 11.7. The zero-order valence-electron chi connectivity index (χ0n) is 19.5. The number of hydrogen-bond acceptors (Lipinski definition) is 7. The highest BCUT2D eigenvalue weighted by molar-refractivity contribution is 7.19. The summed E-state index contributed by atoms with van der Waals surface area (Å²) < 4.78 is 6.07. The number of aliphatic carboxylic acids is 1. The number of nitrogens with zero attached hydrogens (tertiary/aromatic N) is 4. The Morgan fingerprint density at radius 1 is 1.19 bits per heavy atom. The molecular weight excluding hydrogens is 424 g/mol. The Kier molecular flexibility index (Phi) is 5.94. The number of carboxylic acids is 1. The molecule has 8 heteroatoms. The average molecular weight is 455 g/mol. The molecule has 1 aliphatic rings. The van der Waals surface area contributed by atoms with E-state index in [4.69, 9.17) is 9.72 Å². The van der Waals surface area contributed by atoms with Crippen molar-refractivity contribution in [2.75, 3.05) is 19.0 Å². The number of anilines is 1. The number of thiophene rings is 1. The summed E-state index contributed by atoms with van der Waals surface area (Å²) in [6.07, 6.45) is 6.73. The van der Waals surface area contributed by atoms with Crippen LogP contribution in [0.3, 0.4) is 0 Å². The molecule has 3 heterocycles. The average Bonchev–Trinajstić information content (AvgIpc) is 3.08. The van der Waals surface area contributed by atoms with Crippen molar-refractivity contribution in [1.82, 2.24) is 15.0 Å². The zero-order chi connectivity index (χ0) is 23.2. The third kappa shape index (κ3) is 4.21. The lowest BCUT2D eigenvalue weighted by Crippen LogP contribution is -2.28. The number of rotatable bonds is 5. The second-order valence-electron chi connectivity index (χ2n) is 9.49. The summed E-state index contributed by atoms with van der Waals surface area (Å²) >= 11 is 1.72. The van der Waals surface area contributed by atoms with E-state index in [-0.39, 0.29) is 0 Å². The van der Waals surface area contributed by atoms with Gasteiger partial charge in [0.2, 0.25) is 5.95 Å². The first-order valence-electron chi connectivity index (χ1n) is 10.9. The molecule has 0 saturated carbocycles. The predicted molar refractivity (Wildman–Crippen MR) is 128 cm³/mol. The van der Waals surface area contributed by atoms with Crippen LogP contribution in [0.15, 0.2) is 12.4 Å². The Hall–Kier alpha value is -2.58. The normalized spacial score (nSPS) is 14.9. The van der Waals surface area contributed by atoms with Crippen LogP contribution >= 0.6 is 11.3 Å². The van der Waals surface area contributed by atoms with Gasteiger partial charge in [-0.15, -0.1) is 11.3 Å². The van der Waals surface area contributed by atoms with Crippen LogP contribution < -0.4 is 4.90 Å². The minimum absolute atomic E-state index is 0.590. The van der Waals surface area contributed by atoms with Crippen LogP contribution in [0.2, 0.25) is 0 Å². The van der Waals surface area contributed by atoms with Gasteiger partial charge in [-0.1, -0.05) is 0 Å². The highest BCUT2D eigenvalue weighted by Crippen LogP contribution is 2.45. The lowest BCUT2D eigenvalue weighted by atomic mass is 9.89. The van der Waals surface area contributed by atoms with Crippen molar-refractivity contribution in [2.45, 2.75) is 65.1 Å². The van der Waals surface area contributed by atoms with Gasteiger partial charge in [0.25, 0.3) is 0 Å². The van der Waals surface area contributed by atoms with Crippen LogP contribution in [0.4, 0.5) is 5.95 Å². The van der Waals surface area contributed by atoms with Crippen molar-refractivity contribution in [1.29, 1.82) is 0 Å². The van der Waals surface area contributed by atoms with E-state index in [1.807, 2.05) is 46.7 Å². The summed E-state index contributed by atoms with van der Waals surface area (Å²) in [4.78, 5) is 30.5.